The van der Waals surface area contributed by atoms with Gasteiger partial charge in [0, 0.05) is 45.0 Å². The number of nitriles is 2. The quantitative estimate of drug-likeness (QED) is 0.461. The SMILES string of the molecule is COc1ccc(OC)c(C(=O)N2CCC3(CCN(Cc4ccc(N(CCC#N)CCC#N)cc4)C3)CC2)c1. The number of anilines is 1. The molecule has 8 heteroatoms. The van der Waals surface area contributed by atoms with Crippen LogP contribution >= 0.6 is 0 Å². The van der Waals surface area contributed by atoms with E-state index >= 15 is 0 Å². The summed E-state index contributed by atoms with van der Waals surface area (Å²) in [7, 11) is 3.19. The Hall–Kier alpha value is -3.75. The third kappa shape index (κ3) is 6.38. The maximum atomic E-state index is 13.3. The minimum Gasteiger partial charge on any atom is -0.497 e. The molecule has 0 saturated carbocycles. The summed E-state index contributed by atoms with van der Waals surface area (Å²) in [5, 5.41) is 17.9. The van der Waals surface area contributed by atoms with Gasteiger partial charge in [-0.3, -0.25) is 9.69 Å². The molecule has 0 bridgehead atoms. The Bertz CT molecular complexity index is 1160. The first-order valence-electron chi connectivity index (χ1n) is 13.3. The molecule has 2 aliphatic heterocycles. The largest absolute Gasteiger partial charge is 0.497 e. The Balaban J connectivity index is 1.32. The second-order valence-electron chi connectivity index (χ2n) is 10.3. The van der Waals surface area contributed by atoms with E-state index < -0.39 is 0 Å². The predicted octanol–water partition coefficient (Wildman–Crippen LogP) is 4.47. The van der Waals surface area contributed by atoms with Gasteiger partial charge in [0.05, 0.1) is 44.8 Å². The van der Waals surface area contributed by atoms with Crippen molar-refractivity contribution in [3.63, 3.8) is 0 Å². The first-order chi connectivity index (χ1) is 18.5. The van der Waals surface area contributed by atoms with Crippen molar-refractivity contribution in [2.75, 3.05) is 58.4 Å². The average Bonchev–Trinajstić information content (AvgIpc) is 3.34. The van der Waals surface area contributed by atoms with E-state index in [1.54, 1.807) is 32.4 Å². The molecule has 1 spiro atoms. The van der Waals surface area contributed by atoms with Crippen molar-refractivity contribution in [1.29, 1.82) is 10.5 Å². The van der Waals surface area contributed by atoms with E-state index in [-0.39, 0.29) is 11.3 Å². The van der Waals surface area contributed by atoms with Crippen molar-refractivity contribution in [3.8, 4) is 23.6 Å². The molecule has 2 aromatic carbocycles. The van der Waals surface area contributed by atoms with E-state index in [9.17, 15) is 4.79 Å². The van der Waals surface area contributed by atoms with E-state index in [0.717, 1.165) is 57.7 Å². The number of amides is 1. The van der Waals surface area contributed by atoms with E-state index in [2.05, 4.69) is 46.2 Å². The highest BCUT2D eigenvalue weighted by atomic mass is 16.5. The summed E-state index contributed by atoms with van der Waals surface area (Å²) in [6.07, 6.45) is 4.06. The predicted molar refractivity (Wildman–Crippen MR) is 146 cm³/mol. The van der Waals surface area contributed by atoms with Crippen molar-refractivity contribution >= 4 is 11.6 Å². The average molecular weight is 516 g/mol. The highest BCUT2D eigenvalue weighted by Crippen LogP contribution is 2.41. The van der Waals surface area contributed by atoms with Crippen LogP contribution in [0.5, 0.6) is 11.5 Å². The first kappa shape index (κ1) is 27.3. The Labute approximate surface area is 225 Å². The Morgan fingerprint density at radius 1 is 0.947 bits per heavy atom. The normalized spacial score (nSPS) is 16.6. The van der Waals surface area contributed by atoms with Gasteiger partial charge in [0.15, 0.2) is 0 Å². The molecule has 0 N–H and O–H groups in total. The van der Waals surface area contributed by atoms with Gasteiger partial charge in [-0.1, -0.05) is 12.1 Å². The van der Waals surface area contributed by atoms with E-state index in [4.69, 9.17) is 20.0 Å². The minimum atomic E-state index is 0.00382. The Morgan fingerprint density at radius 3 is 2.21 bits per heavy atom. The zero-order chi connectivity index (χ0) is 27.0. The van der Waals surface area contributed by atoms with Crippen LogP contribution in [0.15, 0.2) is 42.5 Å². The molecule has 0 aliphatic carbocycles. The topological polar surface area (TPSA) is 92.8 Å². The number of carbonyl (C=O) groups excluding carboxylic acids is 1. The standard InChI is InChI=1S/C30H37N5O3/c1-37-26-9-10-28(38-2)27(21-26)29(36)35-19-12-30(13-20-35)11-18-33(23-30)22-24-5-7-25(8-6-24)34(16-3-14-31)17-4-15-32/h5-10,21H,3-4,11-13,16-20,22-23H2,1-2H3. The maximum Gasteiger partial charge on any atom is 0.257 e. The molecule has 2 heterocycles. The summed E-state index contributed by atoms with van der Waals surface area (Å²) in [5.74, 6) is 1.23. The summed E-state index contributed by atoms with van der Waals surface area (Å²) in [6.45, 7) is 5.80. The van der Waals surface area contributed by atoms with Gasteiger partial charge in [-0.2, -0.15) is 10.5 Å². The summed E-state index contributed by atoms with van der Waals surface area (Å²) in [5.41, 5.74) is 3.14. The van der Waals surface area contributed by atoms with Crippen LogP contribution in [0.4, 0.5) is 5.69 Å². The van der Waals surface area contributed by atoms with E-state index in [1.165, 1.54) is 5.56 Å². The number of piperidine rings is 1. The molecule has 4 rings (SSSR count). The van der Waals surface area contributed by atoms with Crippen molar-refractivity contribution in [2.24, 2.45) is 5.41 Å². The molecular formula is C30H37N5O3. The van der Waals surface area contributed by atoms with Gasteiger partial charge in [0.25, 0.3) is 5.91 Å². The number of carbonyl (C=O) groups is 1. The second-order valence-corrected chi connectivity index (χ2v) is 10.3. The first-order valence-corrected chi connectivity index (χ1v) is 13.3. The van der Waals surface area contributed by atoms with Crippen LogP contribution in [0, 0.1) is 28.1 Å². The number of ether oxygens (including phenoxy) is 2. The molecule has 0 aromatic heterocycles. The number of nitrogens with zero attached hydrogens (tertiary/aromatic N) is 5. The zero-order valence-corrected chi connectivity index (χ0v) is 22.5. The van der Waals surface area contributed by atoms with Gasteiger partial charge in [-0.15, -0.1) is 0 Å². The Morgan fingerprint density at radius 2 is 1.61 bits per heavy atom. The van der Waals surface area contributed by atoms with Crippen LogP contribution in [0.1, 0.15) is 48.0 Å². The number of hydrogen-bond donors (Lipinski definition) is 0. The van der Waals surface area contributed by atoms with Crippen LogP contribution in [0.3, 0.4) is 0 Å². The molecule has 2 saturated heterocycles. The molecule has 2 aliphatic rings. The number of likely N-dealkylation sites (tertiary alicyclic amines) is 2. The molecule has 2 aromatic rings. The molecular weight excluding hydrogens is 478 g/mol. The number of hydrogen-bond acceptors (Lipinski definition) is 7. The van der Waals surface area contributed by atoms with Gasteiger partial charge in [0.2, 0.25) is 0 Å². The van der Waals surface area contributed by atoms with Crippen molar-refractivity contribution < 1.29 is 14.3 Å². The Kier molecular flexibility index (Phi) is 9.10. The molecule has 8 nitrogen and oxygen atoms in total. The second kappa shape index (κ2) is 12.7. The van der Waals surface area contributed by atoms with Crippen LogP contribution in [-0.4, -0.2) is 69.2 Å². The number of methoxy groups -OCH3 is 2. The van der Waals surface area contributed by atoms with Crippen molar-refractivity contribution in [3.05, 3.63) is 53.6 Å². The van der Waals surface area contributed by atoms with Gasteiger partial charge in [0.1, 0.15) is 11.5 Å². The molecule has 0 atom stereocenters. The molecule has 0 unspecified atom stereocenters. The summed E-state index contributed by atoms with van der Waals surface area (Å²) >= 11 is 0. The van der Waals surface area contributed by atoms with Gasteiger partial charge in [-0.25, -0.2) is 0 Å². The van der Waals surface area contributed by atoms with Gasteiger partial charge in [-0.05, 0) is 67.1 Å². The highest BCUT2D eigenvalue weighted by molar-refractivity contribution is 5.97. The van der Waals surface area contributed by atoms with Crippen molar-refractivity contribution in [2.45, 2.75) is 38.6 Å². The number of benzene rings is 2. The van der Waals surface area contributed by atoms with Crippen LogP contribution in [0.2, 0.25) is 0 Å². The van der Waals surface area contributed by atoms with Gasteiger partial charge < -0.3 is 19.3 Å². The third-order valence-electron chi connectivity index (χ3n) is 7.96. The fraction of sp³-hybridized carbons (Fsp3) is 0.500. The lowest BCUT2D eigenvalue weighted by atomic mass is 9.77. The van der Waals surface area contributed by atoms with E-state index in [0.29, 0.717) is 43.0 Å². The molecule has 0 radical (unpaired) electrons. The lowest BCUT2D eigenvalue weighted by Gasteiger charge is -2.39. The lowest BCUT2D eigenvalue weighted by molar-refractivity contribution is 0.0584. The van der Waals surface area contributed by atoms with Crippen LogP contribution in [-0.2, 0) is 6.54 Å². The van der Waals surface area contributed by atoms with Gasteiger partial charge >= 0.3 is 0 Å². The third-order valence-corrected chi connectivity index (χ3v) is 7.96. The van der Waals surface area contributed by atoms with Crippen LogP contribution < -0.4 is 14.4 Å². The fourth-order valence-electron chi connectivity index (χ4n) is 5.72. The lowest BCUT2D eigenvalue weighted by Crippen LogP contribution is -2.44. The maximum absolute atomic E-state index is 13.3. The molecule has 2 fully saturated rings. The summed E-state index contributed by atoms with van der Waals surface area (Å²) in [4.78, 5) is 19.9. The zero-order valence-electron chi connectivity index (χ0n) is 22.5. The molecule has 200 valence electrons. The smallest absolute Gasteiger partial charge is 0.257 e. The number of rotatable bonds is 10. The summed E-state index contributed by atoms with van der Waals surface area (Å²) < 4.78 is 10.8. The minimum absolute atomic E-state index is 0.00382. The molecule has 38 heavy (non-hydrogen) atoms. The summed E-state index contributed by atoms with van der Waals surface area (Å²) in [6, 6.07) is 18.3. The molecule has 1 amide bonds. The monoisotopic (exact) mass is 515 g/mol. The highest BCUT2D eigenvalue weighted by Gasteiger charge is 2.41. The van der Waals surface area contributed by atoms with E-state index in [1.807, 2.05) is 4.90 Å². The fourth-order valence-corrected chi connectivity index (χ4v) is 5.72. The van der Waals surface area contributed by atoms with Crippen molar-refractivity contribution in [1.82, 2.24) is 9.80 Å². The van der Waals surface area contributed by atoms with Crippen LogP contribution in [0.25, 0.3) is 0 Å².